The second-order valence-corrected chi connectivity index (χ2v) is 10.5. The Hall–Kier alpha value is -5.90. The summed E-state index contributed by atoms with van der Waals surface area (Å²) in [4.78, 5) is 24.7. The van der Waals surface area contributed by atoms with Gasteiger partial charge in [0.2, 0.25) is 0 Å². The summed E-state index contributed by atoms with van der Waals surface area (Å²) in [6, 6.07) is 19.7. The molecule has 6 aromatic rings. The number of amides is 2. The molecule has 0 bridgehead atoms. The topological polar surface area (TPSA) is 114 Å². The van der Waals surface area contributed by atoms with Crippen LogP contribution in [0.15, 0.2) is 100 Å². The van der Waals surface area contributed by atoms with E-state index in [0.717, 1.165) is 16.7 Å². The lowest BCUT2D eigenvalue weighted by molar-refractivity contribution is 0.0956. The third-order valence-electron chi connectivity index (χ3n) is 7.66. The Labute approximate surface area is 261 Å². The van der Waals surface area contributed by atoms with Gasteiger partial charge < -0.3 is 29.3 Å². The summed E-state index contributed by atoms with van der Waals surface area (Å²) in [6.45, 7) is 3.78. The minimum Gasteiger partial charge on any atom is -0.508 e. The summed E-state index contributed by atoms with van der Waals surface area (Å²) in [7, 11) is 3.08. The molecular weight excluding hydrogens is 594 g/mol. The van der Waals surface area contributed by atoms with Crippen LogP contribution < -0.4 is 15.4 Å². The van der Waals surface area contributed by atoms with Crippen molar-refractivity contribution < 1.29 is 37.0 Å². The number of hydrogen-bond acceptors (Lipinski definition) is 6. The van der Waals surface area contributed by atoms with Crippen LogP contribution in [0.4, 0.5) is 8.78 Å². The largest absolute Gasteiger partial charge is 0.508 e. The minimum atomic E-state index is -0.367. The lowest BCUT2D eigenvalue weighted by Gasteiger charge is -2.04. The Kier molecular flexibility index (Phi) is 8.02. The first-order chi connectivity index (χ1) is 22.2. The van der Waals surface area contributed by atoms with Gasteiger partial charge in [0.25, 0.3) is 11.8 Å². The summed E-state index contributed by atoms with van der Waals surface area (Å²) < 4.78 is 43.8. The normalized spacial score (nSPS) is 13.4. The number of ether oxygens (including phenoxy) is 1. The van der Waals surface area contributed by atoms with E-state index in [1.165, 1.54) is 43.4 Å². The Balaban J connectivity index is 0.000000164. The first-order valence-corrected chi connectivity index (χ1v) is 14.3. The quantitative estimate of drug-likeness (QED) is 0.173. The second kappa shape index (κ2) is 12.2. The molecule has 0 aliphatic carbocycles. The molecule has 0 spiro atoms. The van der Waals surface area contributed by atoms with Crippen LogP contribution in [-0.2, 0) is 6.42 Å². The van der Waals surface area contributed by atoms with Crippen molar-refractivity contribution in [1.82, 2.24) is 10.6 Å². The van der Waals surface area contributed by atoms with Gasteiger partial charge in [-0.3, -0.25) is 9.59 Å². The second-order valence-electron chi connectivity index (χ2n) is 10.5. The number of phenols is 1. The average molecular weight is 623 g/mol. The Bertz CT molecular complexity index is 2110. The van der Waals surface area contributed by atoms with Crippen LogP contribution in [-0.4, -0.2) is 37.1 Å². The van der Waals surface area contributed by atoms with Crippen molar-refractivity contribution in [3.8, 4) is 34.1 Å². The summed E-state index contributed by atoms with van der Waals surface area (Å²) >= 11 is 0. The number of furan rings is 2. The van der Waals surface area contributed by atoms with E-state index in [9.17, 15) is 23.5 Å². The van der Waals surface area contributed by atoms with E-state index >= 15 is 0 Å². The van der Waals surface area contributed by atoms with Crippen molar-refractivity contribution in [1.29, 1.82) is 0 Å². The van der Waals surface area contributed by atoms with E-state index in [-0.39, 0.29) is 35.3 Å². The number of aromatic hydroxyl groups is 1. The fraction of sp³-hybridized carbons (Fsp3) is 0.111. The van der Waals surface area contributed by atoms with Crippen LogP contribution in [0.25, 0.3) is 44.6 Å². The average Bonchev–Trinajstić information content (AvgIpc) is 3.78. The van der Waals surface area contributed by atoms with Crippen LogP contribution in [0.3, 0.4) is 0 Å². The summed E-state index contributed by atoms with van der Waals surface area (Å²) in [6.07, 6.45) is 2.25. The van der Waals surface area contributed by atoms with Crippen molar-refractivity contribution >= 4 is 33.8 Å². The Morgan fingerprint density at radius 1 is 0.804 bits per heavy atom. The van der Waals surface area contributed by atoms with Gasteiger partial charge in [0, 0.05) is 48.0 Å². The van der Waals surface area contributed by atoms with Crippen LogP contribution in [0.2, 0.25) is 0 Å². The molecule has 8 nitrogen and oxygen atoms in total. The lowest BCUT2D eigenvalue weighted by atomic mass is 9.98. The Morgan fingerprint density at radius 2 is 1.35 bits per heavy atom. The standard InChI is InChI=1S/C20H16FNO3.C16H12FNO3/c1-3-13-10-14-15(24-13)8-9-16-17(14)18(20(23)22-2)19(25-16)11-4-6-12(21)7-5-11;1-18-16(20)14-12-8-11(19)6-7-13(12)21-15(14)9-2-4-10(17)5-3-9/h3-9,13H,1,10H2,2H3,(H,22,23);2-8,19H,1H3,(H,18,20). The van der Waals surface area contributed by atoms with Crippen LogP contribution in [0.5, 0.6) is 11.5 Å². The number of halogens is 2. The van der Waals surface area contributed by atoms with E-state index in [0.29, 0.717) is 56.7 Å². The molecule has 46 heavy (non-hydrogen) atoms. The lowest BCUT2D eigenvalue weighted by Crippen LogP contribution is -2.18. The third-order valence-corrected chi connectivity index (χ3v) is 7.66. The molecule has 1 aliphatic rings. The number of carbonyl (C=O) groups is 2. The molecule has 0 fully saturated rings. The highest BCUT2D eigenvalue weighted by molar-refractivity contribution is 6.13. The number of hydrogen-bond donors (Lipinski definition) is 3. The van der Waals surface area contributed by atoms with Crippen molar-refractivity contribution in [2.24, 2.45) is 0 Å². The zero-order valence-corrected chi connectivity index (χ0v) is 24.8. The fourth-order valence-electron chi connectivity index (χ4n) is 5.48. The molecule has 2 amide bonds. The highest BCUT2D eigenvalue weighted by Crippen LogP contribution is 2.42. The van der Waals surface area contributed by atoms with Crippen molar-refractivity contribution in [3.05, 3.63) is 120 Å². The molecule has 232 valence electrons. The van der Waals surface area contributed by atoms with E-state index in [1.807, 2.05) is 6.07 Å². The van der Waals surface area contributed by atoms with E-state index in [4.69, 9.17) is 13.6 Å². The molecule has 0 saturated heterocycles. The minimum absolute atomic E-state index is 0.0408. The first-order valence-electron chi connectivity index (χ1n) is 14.3. The van der Waals surface area contributed by atoms with Crippen molar-refractivity contribution in [2.45, 2.75) is 12.5 Å². The molecule has 0 radical (unpaired) electrons. The number of rotatable bonds is 5. The molecule has 4 aromatic carbocycles. The first kappa shape index (κ1) is 30.1. The van der Waals surface area contributed by atoms with Crippen LogP contribution in [0, 0.1) is 11.6 Å². The van der Waals surface area contributed by atoms with Crippen LogP contribution in [0.1, 0.15) is 26.3 Å². The SMILES string of the molecule is C=CC1Cc2c(ccc3oc(-c4ccc(F)cc4)c(C(=O)NC)c23)O1.CNC(=O)c1c(-c2ccc(F)cc2)oc2ccc(O)cc12. The molecular formula is C36H28F2N2O6. The fourth-order valence-corrected chi connectivity index (χ4v) is 5.48. The van der Waals surface area contributed by atoms with Gasteiger partial charge in [-0.25, -0.2) is 8.78 Å². The molecule has 1 atom stereocenters. The maximum atomic E-state index is 13.3. The van der Waals surface area contributed by atoms with Gasteiger partial charge in [0.1, 0.15) is 51.9 Å². The zero-order chi connectivity index (χ0) is 32.5. The maximum Gasteiger partial charge on any atom is 0.255 e. The molecule has 3 heterocycles. The number of fused-ring (bicyclic) bond motifs is 4. The molecule has 7 rings (SSSR count). The summed E-state index contributed by atoms with van der Waals surface area (Å²) in [5.41, 5.74) is 3.99. The predicted octanol–water partition coefficient (Wildman–Crippen LogP) is 7.39. The highest BCUT2D eigenvalue weighted by Gasteiger charge is 2.30. The number of nitrogens with one attached hydrogen (secondary N) is 2. The summed E-state index contributed by atoms with van der Waals surface area (Å²) in [5.74, 6) is 0.235. The van der Waals surface area contributed by atoms with Crippen molar-refractivity contribution in [2.75, 3.05) is 14.1 Å². The van der Waals surface area contributed by atoms with Crippen molar-refractivity contribution in [3.63, 3.8) is 0 Å². The predicted molar refractivity (Wildman–Crippen MR) is 170 cm³/mol. The number of carbonyl (C=O) groups excluding carboxylic acids is 2. The highest BCUT2D eigenvalue weighted by atomic mass is 19.1. The molecule has 3 N–H and O–H groups in total. The Morgan fingerprint density at radius 3 is 1.93 bits per heavy atom. The van der Waals surface area contributed by atoms with E-state index < -0.39 is 0 Å². The van der Waals surface area contributed by atoms with E-state index in [2.05, 4.69) is 17.2 Å². The third kappa shape index (κ3) is 5.45. The van der Waals surface area contributed by atoms with Gasteiger partial charge >= 0.3 is 0 Å². The van der Waals surface area contributed by atoms with Gasteiger partial charge in [-0.2, -0.15) is 0 Å². The smallest absolute Gasteiger partial charge is 0.255 e. The van der Waals surface area contributed by atoms with Crippen LogP contribution >= 0.6 is 0 Å². The summed E-state index contributed by atoms with van der Waals surface area (Å²) in [5, 5.41) is 16.1. The number of benzene rings is 4. The molecule has 1 aliphatic heterocycles. The van der Waals surface area contributed by atoms with E-state index in [1.54, 1.807) is 49.5 Å². The zero-order valence-electron chi connectivity index (χ0n) is 24.8. The van der Waals surface area contributed by atoms with Gasteiger partial charge in [0.15, 0.2) is 0 Å². The maximum absolute atomic E-state index is 13.3. The molecule has 10 heteroatoms. The molecule has 1 unspecified atom stereocenters. The van der Waals surface area contributed by atoms with Gasteiger partial charge in [-0.15, -0.1) is 0 Å². The molecule has 0 saturated carbocycles. The van der Waals surface area contributed by atoms with Gasteiger partial charge in [-0.05, 0) is 78.9 Å². The van der Waals surface area contributed by atoms with Gasteiger partial charge in [0.05, 0.1) is 11.1 Å². The van der Waals surface area contributed by atoms with Gasteiger partial charge in [-0.1, -0.05) is 12.7 Å². The molecule has 2 aromatic heterocycles. The monoisotopic (exact) mass is 622 g/mol. The number of phenolic OH excluding ortho intramolecular Hbond substituents is 1.